The number of aromatic nitrogens is 6. The molecule has 0 amide bonds. The van der Waals surface area contributed by atoms with Gasteiger partial charge in [-0.15, -0.1) is 10.2 Å². The molecular formula is C23H20F3N7O. The van der Waals surface area contributed by atoms with Crippen molar-refractivity contribution in [2.75, 3.05) is 5.32 Å². The molecule has 0 spiro atoms. The van der Waals surface area contributed by atoms with Crippen LogP contribution in [-0.2, 0) is 19.1 Å². The second kappa shape index (κ2) is 8.82. The van der Waals surface area contributed by atoms with Crippen LogP contribution in [0.5, 0.6) is 0 Å². The maximum absolute atomic E-state index is 13.4. The first-order valence-corrected chi connectivity index (χ1v) is 10.7. The van der Waals surface area contributed by atoms with Gasteiger partial charge in [0.1, 0.15) is 5.82 Å². The van der Waals surface area contributed by atoms with E-state index in [0.29, 0.717) is 30.7 Å². The third-order valence-electron chi connectivity index (χ3n) is 5.72. The topological polar surface area (TPSA) is 113 Å². The minimum atomic E-state index is -4.68. The highest BCUT2D eigenvalue weighted by Gasteiger charge is 2.37. The molecular weight excluding hydrogens is 447 g/mol. The average molecular weight is 467 g/mol. The number of halogens is 3. The molecule has 0 radical (unpaired) electrons. The number of aryl methyl sites for hydroxylation is 1. The fourth-order valence-corrected chi connectivity index (χ4v) is 4.14. The van der Waals surface area contributed by atoms with Gasteiger partial charge in [0.05, 0.1) is 11.8 Å². The van der Waals surface area contributed by atoms with Crippen molar-refractivity contribution in [1.29, 1.82) is 0 Å². The lowest BCUT2D eigenvalue weighted by molar-refractivity contribution is -0.145. The normalized spacial score (nSPS) is 15.7. The summed E-state index contributed by atoms with van der Waals surface area (Å²) in [6, 6.07) is 15.3. The number of hydrogen-bond acceptors (Lipinski definition) is 7. The van der Waals surface area contributed by atoms with Crippen LogP contribution in [0.3, 0.4) is 0 Å². The van der Waals surface area contributed by atoms with E-state index < -0.39 is 18.1 Å². The molecule has 8 nitrogen and oxygen atoms in total. The molecule has 1 atom stereocenters. The molecule has 174 valence electrons. The summed E-state index contributed by atoms with van der Waals surface area (Å²) >= 11 is 0. The Morgan fingerprint density at radius 2 is 1.88 bits per heavy atom. The molecule has 0 aliphatic heterocycles. The first-order chi connectivity index (χ1) is 16.4. The number of aliphatic hydroxyl groups excluding tert-OH is 1. The Balaban J connectivity index is 1.50. The summed E-state index contributed by atoms with van der Waals surface area (Å²) in [4.78, 5) is 7.39. The van der Waals surface area contributed by atoms with Crippen molar-refractivity contribution in [3.8, 4) is 22.5 Å². The first-order valence-electron chi connectivity index (χ1n) is 10.7. The van der Waals surface area contributed by atoms with Gasteiger partial charge in [0, 0.05) is 17.7 Å². The van der Waals surface area contributed by atoms with Gasteiger partial charge < -0.3 is 10.4 Å². The number of fused-ring (bicyclic) bond motifs is 1. The molecule has 2 aromatic carbocycles. The number of aliphatic hydroxyl groups is 1. The molecule has 5 rings (SSSR count). The molecule has 3 N–H and O–H groups in total. The summed E-state index contributed by atoms with van der Waals surface area (Å²) in [7, 11) is 0. The Morgan fingerprint density at radius 1 is 1.06 bits per heavy atom. The van der Waals surface area contributed by atoms with Crippen molar-refractivity contribution in [1.82, 2.24) is 30.6 Å². The number of nitrogens with zero attached hydrogens (tertiary/aromatic N) is 5. The summed E-state index contributed by atoms with van der Waals surface area (Å²) in [6.45, 7) is 0.174. The Labute approximate surface area is 192 Å². The monoisotopic (exact) mass is 467 g/mol. The predicted molar refractivity (Wildman–Crippen MR) is 117 cm³/mol. The molecule has 0 fully saturated rings. The Morgan fingerprint density at radius 3 is 2.62 bits per heavy atom. The Kier molecular flexibility index (Phi) is 5.70. The zero-order valence-corrected chi connectivity index (χ0v) is 17.8. The third-order valence-corrected chi connectivity index (χ3v) is 5.72. The SMILES string of the molecule is OC1CCCc2nc(C(F)(F)F)nc(NCc3ccc(-c4ccccc4)c(-c4nn[nH]n4)c3)c21. The number of rotatable bonds is 5. The highest BCUT2D eigenvalue weighted by atomic mass is 19.4. The number of anilines is 1. The number of alkyl halides is 3. The minimum absolute atomic E-state index is 0.00206. The molecule has 34 heavy (non-hydrogen) atoms. The third kappa shape index (κ3) is 4.34. The molecule has 1 aliphatic rings. The summed E-state index contributed by atoms with van der Waals surface area (Å²) in [6.07, 6.45) is -4.22. The maximum atomic E-state index is 13.4. The summed E-state index contributed by atoms with van der Waals surface area (Å²) < 4.78 is 40.1. The number of aromatic amines is 1. The van der Waals surface area contributed by atoms with E-state index >= 15 is 0 Å². The van der Waals surface area contributed by atoms with Crippen LogP contribution in [0.15, 0.2) is 48.5 Å². The van der Waals surface area contributed by atoms with Gasteiger partial charge >= 0.3 is 6.18 Å². The molecule has 0 saturated heterocycles. The van der Waals surface area contributed by atoms with Crippen LogP contribution in [0.2, 0.25) is 0 Å². The maximum Gasteiger partial charge on any atom is 0.451 e. The molecule has 1 unspecified atom stereocenters. The van der Waals surface area contributed by atoms with Crippen molar-refractivity contribution in [2.45, 2.75) is 38.1 Å². The van der Waals surface area contributed by atoms with Crippen LogP contribution >= 0.6 is 0 Å². The van der Waals surface area contributed by atoms with E-state index in [4.69, 9.17) is 0 Å². The van der Waals surface area contributed by atoms with Gasteiger partial charge in [0.25, 0.3) is 0 Å². The fourth-order valence-electron chi connectivity index (χ4n) is 4.14. The lowest BCUT2D eigenvalue weighted by atomic mass is 9.93. The standard InChI is InChI=1S/C23H20F3N7O/c24-23(25,26)22-28-17-7-4-8-18(34)19(17)21(29-22)27-12-13-9-10-15(14-5-2-1-3-6-14)16(11-13)20-30-32-33-31-20/h1-3,5-6,9-11,18,34H,4,7-8,12H2,(H,27,28,29)(H,30,31,32,33). The van der Waals surface area contributed by atoms with Crippen LogP contribution in [0, 0.1) is 0 Å². The van der Waals surface area contributed by atoms with Crippen LogP contribution in [0.4, 0.5) is 19.0 Å². The van der Waals surface area contributed by atoms with E-state index in [-0.39, 0.29) is 18.1 Å². The lowest BCUT2D eigenvalue weighted by Gasteiger charge is -2.24. The van der Waals surface area contributed by atoms with Crippen LogP contribution in [-0.4, -0.2) is 35.7 Å². The Bertz CT molecular complexity index is 1290. The number of H-pyrrole nitrogens is 1. The van der Waals surface area contributed by atoms with E-state index in [9.17, 15) is 18.3 Å². The van der Waals surface area contributed by atoms with Gasteiger partial charge in [0.2, 0.25) is 11.6 Å². The molecule has 2 heterocycles. The number of nitrogens with one attached hydrogen (secondary N) is 2. The number of benzene rings is 2. The molecule has 2 aromatic heterocycles. The first kappa shape index (κ1) is 22.0. The summed E-state index contributed by atoms with van der Waals surface area (Å²) in [5.74, 6) is -0.817. The summed E-state index contributed by atoms with van der Waals surface area (Å²) in [5, 5.41) is 27.7. The van der Waals surface area contributed by atoms with Crippen LogP contribution in [0.25, 0.3) is 22.5 Å². The lowest BCUT2D eigenvalue weighted by Crippen LogP contribution is -2.21. The van der Waals surface area contributed by atoms with Crippen molar-refractivity contribution in [2.24, 2.45) is 0 Å². The van der Waals surface area contributed by atoms with Gasteiger partial charge in [-0.2, -0.15) is 18.4 Å². The van der Waals surface area contributed by atoms with Gasteiger partial charge in [0.15, 0.2) is 0 Å². The van der Waals surface area contributed by atoms with Crippen LogP contribution < -0.4 is 5.32 Å². The summed E-state index contributed by atoms with van der Waals surface area (Å²) in [5.41, 5.74) is 3.91. The predicted octanol–water partition coefficient (Wildman–Crippen LogP) is 4.32. The van der Waals surface area contributed by atoms with E-state index in [1.165, 1.54) is 0 Å². The van der Waals surface area contributed by atoms with E-state index in [0.717, 1.165) is 22.3 Å². The van der Waals surface area contributed by atoms with Crippen molar-refractivity contribution in [3.05, 3.63) is 71.2 Å². The van der Waals surface area contributed by atoms with Gasteiger partial charge in [-0.25, -0.2) is 9.97 Å². The van der Waals surface area contributed by atoms with Gasteiger partial charge in [-0.1, -0.05) is 42.5 Å². The van der Waals surface area contributed by atoms with Crippen molar-refractivity contribution in [3.63, 3.8) is 0 Å². The highest BCUT2D eigenvalue weighted by molar-refractivity contribution is 5.80. The second-order valence-electron chi connectivity index (χ2n) is 8.00. The number of hydrogen-bond donors (Lipinski definition) is 3. The van der Waals surface area contributed by atoms with Crippen LogP contribution in [0.1, 0.15) is 41.6 Å². The highest BCUT2D eigenvalue weighted by Crippen LogP contribution is 2.37. The van der Waals surface area contributed by atoms with Crippen molar-refractivity contribution >= 4 is 5.82 Å². The number of tetrazole rings is 1. The van der Waals surface area contributed by atoms with Crippen molar-refractivity contribution < 1.29 is 18.3 Å². The van der Waals surface area contributed by atoms with Gasteiger partial charge in [-0.3, -0.25) is 0 Å². The van der Waals surface area contributed by atoms with Gasteiger partial charge in [-0.05, 0) is 47.2 Å². The molecule has 0 saturated carbocycles. The van der Waals surface area contributed by atoms with E-state index in [2.05, 4.69) is 35.9 Å². The fraction of sp³-hybridized carbons (Fsp3) is 0.261. The molecule has 1 aliphatic carbocycles. The van der Waals surface area contributed by atoms with E-state index in [1.807, 2.05) is 48.5 Å². The average Bonchev–Trinajstić information content (AvgIpc) is 3.37. The quantitative estimate of drug-likeness (QED) is 0.401. The molecule has 4 aromatic rings. The minimum Gasteiger partial charge on any atom is -0.388 e. The zero-order valence-electron chi connectivity index (χ0n) is 17.8. The Hall–Kier alpha value is -3.86. The molecule has 11 heteroatoms. The smallest absolute Gasteiger partial charge is 0.388 e. The molecule has 0 bridgehead atoms. The zero-order chi connectivity index (χ0) is 23.7. The van der Waals surface area contributed by atoms with E-state index in [1.54, 1.807) is 0 Å². The largest absolute Gasteiger partial charge is 0.451 e. The second-order valence-corrected chi connectivity index (χ2v) is 8.00.